The van der Waals surface area contributed by atoms with Crippen molar-refractivity contribution in [1.29, 1.82) is 0 Å². The minimum absolute atomic E-state index is 0.0827. The van der Waals surface area contributed by atoms with Crippen LogP contribution in [0, 0.1) is 5.82 Å². The summed E-state index contributed by atoms with van der Waals surface area (Å²) in [5.41, 5.74) is 4.54. The van der Waals surface area contributed by atoms with Crippen LogP contribution in [0.25, 0.3) is 21.3 Å². The third-order valence-electron chi connectivity index (χ3n) is 5.37. The number of carbonyl (C=O) groups is 2. The lowest BCUT2D eigenvalue weighted by molar-refractivity contribution is 0.0785. The van der Waals surface area contributed by atoms with Gasteiger partial charge in [-0.25, -0.2) is 14.2 Å². The van der Waals surface area contributed by atoms with Crippen molar-refractivity contribution >= 4 is 44.4 Å². The summed E-state index contributed by atoms with van der Waals surface area (Å²) in [6, 6.07) is 20.8. The fraction of sp³-hybridized carbons (Fsp3) is 0.160. The number of benzene rings is 3. The van der Waals surface area contributed by atoms with Crippen LogP contribution < -0.4 is 5.32 Å². The van der Waals surface area contributed by atoms with Gasteiger partial charge in [-0.15, -0.1) is 0 Å². The zero-order valence-corrected chi connectivity index (χ0v) is 19.1. The summed E-state index contributed by atoms with van der Waals surface area (Å²) in [7, 11) is 1.88. The van der Waals surface area contributed by atoms with Crippen molar-refractivity contribution in [3.63, 3.8) is 0 Å². The monoisotopic (exact) mass is 479 g/mol. The first kappa shape index (κ1) is 23.2. The molecule has 0 radical (unpaired) electrons. The zero-order chi connectivity index (χ0) is 24.2. The molecule has 7 nitrogen and oxygen atoms in total. The third-order valence-corrected chi connectivity index (χ3v) is 6.30. The molecule has 1 heterocycles. The first-order valence-corrected chi connectivity index (χ1v) is 11.3. The second-order valence-corrected chi connectivity index (χ2v) is 8.87. The summed E-state index contributed by atoms with van der Waals surface area (Å²) in [6.07, 6.45) is 0.378. The van der Waals surface area contributed by atoms with Crippen LogP contribution in [0.4, 0.5) is 20.0 Å². The number of nitrogens with one attached hydrogen (secondary N) is 1. The fourth-order valence-electron chi connectivity index (χ4n) is 3.46. The first-order valence-electron chi connectivity index (χ1n) is 10.5. The zero-order valence-electron chi connectivity index (χ0n) is 18.2. The van der Waals surface area contributed by atoms with Gasteiger partial charge >= 0.3 is 6.16 Å². The smallest absolute Gasteiger partial charge is 0.450 e. The number of halogens is 1. The van der Waals surface area contributed by atoms with Gasteiger partial charge in [-0.05, 0) is 66.4 Å². The molecule has 1 amide bonds. The van der Waals surface area contributed by atoms with Crippen LogP contribution in [0.5, 0.6) is 0 Å². The molecule has 0 unspecified atom stereocenters. The molecule has 174 valence electrons. The summed E-state index contributed by atoms with van der Waals surface area (Å²) >= 11 is 1.42. The second-order valence-electron chi connectivity index (χ2n) is 7.84. The number of nitrogens with zero attached hydrogens (tertiary/aromatic N) is 2. The van der Waals surface area contributed by atoms with Crippen molar-refractivity contribution in [2.45, 2.75) is 18.9 Å². The van der Waals surface area contributed by atoms with Gasteiger partial charge in [0.1, 0.15) is 5.82 Å². The summed E-state index contributed by atoms with van der Waals surface area (Å²) in [5, 5.41) is 18.0. The van der Waals surface area contributed by atoms with E-state index < -0.39 is 6.16 Å². The average molecular weight is 480 g/mol. The predicted molar refractivity (Wildman–Crippen MR) is 131 cm³/mol. The molecule has 0 atom stereocenters. The lowest BCUT2D eigenvalue weighted by Crippen LogP contribution is -2.28. The third kappa shape index (κ3) is 5.68. The van der Waals surface area contributed by atoms with Crippen molar-refractivity contribution in [1.82, 2.24) is 9.88 Å². The van der Waals surface area contributed by atoms with Crippen LogP contribution in [0.1, 0.15) is 23.2 Å². The Balaban J connectivity index is 0.000000636. The molecule has 3 N–H and O–H groups in total. The molecule has 0 spiro atoms. The van der Waals surface area contributed by atoms with Crippen LogP contribution in [0.3, 0.4) is 0 Å². The highest BCUT2D eigenvalue weighted by Crippen LogP contribution is 2.30. The fourth-order valence-corrected chi connectivity index (χ4v) is 4.37. The maximum Gasteiger partial charge on any atom is 0.503 e. The van der Waals surface area contributed by atoms with Crippen molar-refractivity contribution in [3.05, 3.63) is 78.1 Å². The molecule has 9 heteroatoms. The maximum absolute atomic E-state index is 13.4. The number of carbonyl (C=O) groups excluding carboxylic acids is 1. The van der Waals surface area contributed by atoms with E-state index >= 15 is 0 Å². The lowest BCUT2D eigenvalue weighted by atomic mass is 10.0. The number of fused-ring (bicyclic) bond motifs is 1. The van der Waals surface area contributed by atoms with Crippen molar-refractivity contribution < 1.29 is 24.2 Å². The van der Waals surface area contributed by atoms with Gasteiger partial charge in [0.15, 0.2) is 5.13 Å². The van der Waals surface area contributed by atoms with E-state index in [-0.39, 0.29) is 11.7 Å². The first-order chi connectivity index (χ1) is 16.3. The minimum Gasteiger partial charge on any atom is -0.450 e. The van der Waals surface area contributed by atoms with E-state index in [4.69, 9.17) is 15.0 Å². The van der Waals surface area contributed by atoms with Gasteiger partial charge in [0.05, 0.1) is 10.2 Å². The predicted octanol–water partition coefficient (Wildman–Crippen LogP) is 6.30. The van der Waals surface area contributed by atoms with E-state index in [9.17, 15) is 9.18 Å². The quantitative estimate of drug-likeness (QED) is 0.310. The Morgan fingerprint density at radius 3 is 2.18 bits per heavy atom. The second kappa shape index (κ2) is 9.88. The lowest BCUT2D eigenvalue weighted by Gasteiger charge is -2.16. The number of rotatable bonds is 5. The molecule has 34 heavy (non-hydrogen) atoms. The number of hydrogen-bond donors (Lipinski definition) is 3. The van der Waals surface area contributed by atoms with E-state index in [0.29, 0.717) is 6.04 Å². The van der Waals surface area contributed by atoms with Gasteiger partial charge in [-0.3, -0.25) is 4.79 Å². The van der Waals surface area contributed by atoms with Gasteiger partial charge in [0.2, 0.25) is 0 Å². The summed E-state index contributed by atoms with van der Waals surface area (Å²) < 4.78 is 14.2. The van der Waals surface area contributed by atoms with Crippen LogP contribution >= 0.6 is 11.3 Å². The molecule has 1 fully saturated rings. The Bertz CT molecular complexity index is 1310. The van der Waals surface area contributed by atoms with E-state index in [1.807, 2.05) is 60.5 Å². The Morgan fingerprint density at radius 1 is 1.00 bits per heavy atom. The van der Waals surface area contributed by atoms with E-state index in [1.165, 1.54) is 23.5 Å². The van der Waals surface area contributed by atoms with Gasteiger partial charge in [-0.2, -0.15) is 0 Å². The standard InChI is InChI=1S/C24H20FN3OS.CH2O3/c1-28(20-11-12-20)23(29)17-4-2-15(3-5-17)16-6-9-19(10-7-16)26-24-27-21-13-8-18(25)14-22(21)30-24;2-1(3)4/h2-10,13-14,20H,11-12H2,1H3,(H,26,27);(H2,2,3,4). The molecular weight excluding hydrogens is 457 g/mol. The molecular formula is C25H22FN3O4S. The minimum atomic E-state index is -1.83. The summed E-state index contributed by atoms with van der Waals surface area (Å²) in [4.78, 5) is 27.4. The molecule has 0 bridgehead atoms. The van der Waals surface area contributed by atoms with Crippen molar-refractivity contribution in [3.8, 4) is 11.1 Å². The highest BCUT2D eigenvalue weighted by molar-refractivity contribution is 7.22. The van der Waals surface area contributed by atoms with Gasteiger partial charge in [0.25, 0.3) is 5.91 Å². The Labute approximate surface area is 199 Å². The van der Waals surface area contributed by atoms with Gasteiger partial charge in [-0.1, -0.05) is 35.6 Å². The Morgan fingerprint density at radius 2 is 1.59 bits per heavy atom. The number of amides is 1. The number of thiazole rings is 1. The van der Waals surface area contributed by atoms with Gasteiger partial charge in [0, 0.05) is 24.3 Å². The molecule has 0 aliphatic heterocycles. The molecule has 1 aliphatic rings. The van der Waals surface area contributed by atoms with Crippen LogP contribution in [-0.4, -0.2) is 45.2 Å². The number of aromatic nitrogens is 1. The summed E-state index contributed by atoms with van der Waals surface area (Å²) in [6.45, 7) is 0. The van der Waals surface area contributed by atoms with Crippen molar-refractivity contribution in [2.24, 2.45) is 0 Å². The molecule has 3 aromatic carbocycles. The van der Waals surface area contributed by atoms with E-state index in [1.54, 1.807) is 6.07 Å². The number of carboxylic acid groups (broad SMARTS) is 2. The molecule has 1 saturated carbocycles. The highest BCUT2D eigenvalue weighted by atomic mass is 32.1. The molecule has 1 aliphatic carbocycles. The van der Waals surface area contributed by atoms with Gasteiger partial charge < -0.3 is 20.4 Å². The van der Waals surface area contributed by atoms with E-state index in [2.05, 4.69) is 10.3 Å². The number of hydrogen-bond acceptors (Lipinski definition) is 5. The van der Waals surface area contributed by atoms with Crippen LogP contribution in [-0.2, 0) is 0 Å². The van der Waals surface area contributed by atoms with E-state index in [0.717, 1.165) is 50.6 Å². The normalized spacial score (nSPS) is 12.5. The largest absolute Gasteiger partial charge is 0.503 e. The van der Waals surface area contributed by atoms with Crippen molar-refractivity contribution in [2.75, 3.05) is 12.4 Å². The molecule has 0 saturated heterocycles. The SMILES string of the molecule is CN(C(=O)c1ccc(-c2ccc(Nc3nc4ccc(F)cc4s3)cc2)cc1)C1CC1.O=C(O)O. The maximum atomic E-state index is 13.4. The molecule has 4 aromatic rings. The average Bonchev–Trinajstić information content (AvgIpc) is 3.59. The Hall–Kier alpha value is -3.98. The molecule has 1 aromatic heterocycles. The van der Waals surface area contributed by atoms with Crippen LogP contribution in [0.2, 0.25) is 0 Å². The topological polar surface area (TPSA) is 103 Å². The number of anilines is 2. The molecule has 5 rings (SSSR count). The van der Waals surface area contributed by atoms with Crippen LogP contribution in [0.15, 0.2) is 66.7 Å². The summed E-state index contributed by atoms with van der Waals surface area (Å²) in [5.74, 6) is -0.173. The Kier molecular flexibility index (Phi) is 6.74. The highest BCUT2D eigenvalue weighted by Gasteiger charge is 2.29.